The minimum atomic E-state index is -2.67. The van der Waals surface area contributed by atoms with Crippen molar-refractivity contribution in [3.8, 4) is 0 Å². The van der Waals surface area contributed by atoms with Gasteiger partial charge in [-0.25, -0.2) is 4.79 Å². The second-order valence-electron chi connectivity index (χ2n) is 6.73. The molecule has 0 aliphatic carbocycles. The van der Waals surface area contributed by atoms with E-state index in [-0.39, 0.29) is 19.8 Å². The molecule has 0 aromatic heterocycles. The van der Waals surface area contributed by atoms with Crippen molar-refractivity contribution >= 4 is 23.7 Å². The van der Waals surface area contributed by atoms with Crippen molar-refractivity contribution in [1.29, 1.82) is 0 Å². The number of carbonyl (C=O) groups excluding carboxylic acids is 4. The van der Waals surface area contributed by atoms with E-state index in [2.05, 4.69) is 0 Å². The molecule has 0 rings (SSSR count). The Morgan fingerprint density at radius 2 is 1.29 bits per heavy atom. The minimum Gasteiger partial charge on any atom is -0.466 e. The monoisotopic (exact) mass is 402 g/mol. The minimum absolute atomic E-state index is 0.00195. The van der Waals surface area contributed by atoms with Gasteiger partial charge < -0.3 is 19.3 Å². The standard InChI is InChI=1S/C20H34O8/c1-5-8-11-26-16(22)14-20(25,19(24)28-13-10-7-3)17(15(4)21)18(23)27-12-9-6-2/h17,25H,5-14H2,1-4H3/t17-,20+/m0/s1. The molecule has 0 aliphatic heterocycles. The Morgan fingerprint density at radius 3 is 1.75 bits per heavy atom. The summed E-state index contributed by atoms with van der Waals surface area (Å²) in [5, 5.41) is 11.0. The number of esters is 3. The lowest BCUT2D eigenvalue weighted by molar-refractivity contribution is -0.187. The van der Waals surface area contributed by atoms with Crippen LogP contribution < -0.4 is 0 Å². The third kappa shape index (κ3) is 8.82. The lowest BCUT2D eigenvalue weighted by Crippen LogP contribution is -2.55. The summed E-state index contributed by atoms with van der Waals surface area (Å²) in [6.45, 7) is 6.89. The predicted octanol–water partition coefficient (Wildman–Crippen LogP) is 2.34. The van der Waals surface area contributed by atoms with Gasteiger partial charge in [-0.05, 0) is 26.2 Å². The zero-order valence-electron chi connectivity index (χ0n) is 17.5. The van der Waals surface area contributed by atoms with Crippen molar-refractivity contribution in [2.45, 2.75) is 78.2 Å². The number of rotatable bonds is 15. The summed E-state index contributed by atoms with van der Waals surface area (Å²) in [6, 6.07) is 0. The first-order valence-corrected chi connectivity index (χ1v) is 9.96. The average Bonchev–Trinajstić information content (AvgIpc) is 2.61. The fourth-order valence-corrected chi connectivity index (χ4v) is 2.43. The lowest BCUT2D eigenvalue weighted by atomic mass is 9.81. The van der Waals surface area contributed by atoms with E-state index in [1.54, 1.807) is 0 Å². The normalized spacial score (nSPS) is 13.9. The fraction of sp³-hybridized carbons (Fsp3) is 0.800. The molecule has 162 valence electrons. The molecule has 0 unspecified atom stereocenters. The van der Waals surface area contributed by atoms with Crippen molar-refractivity contribution in [2.24, 2.45) is 5.92 Å². The Labute approximate surface area is 166 Å². The van der Waals surface area contributed by atoms with E-state index in [4.69, 9.17) is 14.2 Å². The first-order chi connectivity index (χ1) is 13.2. The van der Waals surface area contributed by atoms with Gasteiger partial charge in [0.1, 0.15) is 5.78 Å². The van der Waals surface area contributed by atoms with Gasteiger partial charge in [0.2, 0.25) is 0 Å². The van der Waals surface area contributed by atoms with Crippen molar-refractivity contribution in [2.75, 3.05) is 19.8 Å². The maximum atomic E-state index is 12.5. The maximum Gasteiger partial charge on any atom is 0.340 e. The zero-order chi connectivity index (χ0) is 21.6. The van der Waals surface area contributed by atoms with Crippen LogP contribution in [0.3, 0.4) is 0 Å². The van der Waals surface area contributed by atoms with Crippen molar-refractivity contribution in [3.63, 3.8) is 0 Å². The third-order valence-electron chi connectivity index (χ3n) is 4.12. The predicted molar refractivity (Wildman–Crippen MR) is 101 cm³/mol. The number of unbranched alkanes of at least 4 members (excludes halogenated alkanes) is 3. The summed E-state index contributed by atoms with van der Waals surface area (Å²) < 4.78 is 15.0. The van der Waals surface area contributed by atoms with Crippen LogP contribution in [0.2, 0.25) is 0 Å². The van der Waals surface area contributed by atoms with Gasteiger partial charge >= 0.3 is 17.9 Å². The molecule has 2 atom stereocenters. The van der Waals surface area contributed by atoms with Crippen LogP contribution in [0.4, 0.5) is 0 Å². The van der Waals surface area contributed by atoms with Crippen LogP contribution in [0, 0.1) is 5.92 Å². The maximum absolute atomic E-state index is 12.5. The van der Waals surface area contributed by atoms with Gasteiger partial charge in [0.25, 0.3) is 0 Å². The van der Waals surface area contributed by atoms with Crippen LogP contribution >= 0.6 is 0 Å². The van der Waals surface area contributed by atoms with Gasteiger partial charge in [-0.2, -0.15) is 0 Å². The summed E-state index contributed by atoms with van der Waals surface area (Å²) in [5.41, 5.74) is -2.67. The molecule has 0 radical (unpaired) electrons. The third-order valence-corrected chi connectivity index (χ3v) is 4.12. The molecule has 0 bridgehead atoms. The van der Waals surface area contributed by atoms with E-state index in [0.29, 0.717) is 19.3 Å². The number of Topliss-reactive ketones (excluding diaryl/α,β-unsaturated/α-hetero) is 1. The highest BCUT2D eigenvalue weighted by Gasteiger charge is 2.54. The van der Waals surface area contributed by atoms with E-state index in [1.807, 2.05) is 20.8 Å². The largest absolute Gasteiger partial charge is 0.466 e. The number of hydrogen-bond donors (Lipinski definition) is 1. The van der Waals surface area contributed by atoms with Gasteiger partial charge in [-0.1, -0.05) is 40.0 Å². The van der Waals surface area contributed by atoms with E-state index in [9.17, 15) is 24.3 Å². The summed E-state index contributed by atoms with van der Waals surface area (Å²) in [7, 11) is 0. The van der Waals surface area contributed by atoms with Crippen LogP contribution in [-0.2, 0) is 33.4 Å². The molecule has 8 nitrogen and oxygen atoms in total. The fourth-order valence-electron chi connectivity index (χ4n) is 2.43. The van der Waals surface area contributed by atoms with Crippen LogP contribution in [0.1, 0.15) is 72.6 Å². The Bertz CT molecular complexity index is 516. The average molecular weight is 402 g/mol. The molecule has 0 spiro atoms. The van der Waals surface area contributed by atoms with E-state index in [1.165, 1.54) is 0 Å². The van der Waals surface area contributed by atoms with Gasteiger partial charge in [0, 0.05) is 0 Å². The highest BCUT2D eigenvalue weighted by molar-refractivity contribution is 6.05. The Morgan fingerprint density at radius 1 is 0.821 bits per heavy atom. The molecule has 28 heavy (non-hydrogen) atoms. The molecular formula is C20H34O8. The Kier molecular flexibility index (Phi) is 13.1. The first-order valence-electron chi connectivity index (χ1n) is 9.96. The van der Waals surface area contributed by atoms with E-state index < -0.39 is 41.6 Å². The summed E-state index contributed by atoms with van der Waals surface area (Å²) in [6.07, 6.45) is 3.12. The van der Waals surface area contributed by atoms with Crippen molar-refractivity contribution in [3.05, 3.63) is 0 Å². The van der Waals surface area contributed by atoms with E-state index >= 15 is 0 Å². The van der Waals surface area contributed by atoms with Crippen LogP contribution in [-0.4, -0.2) is 54.2 Å². The molecule has 0 aliphatic rings. The van der Waals surface area contributed by atoms with Gasteiger partial charge in [-0.3, -0.25) is 14.4 Å². The highest BCUT2D eigenvalue weighted by atomic mass is 16.6. The number of aliphatic hydroxyl groups is 1. The number of hydrogen-bond acceptors (Lipinski definition) is 8. The summed E-state index contributed by atoms with van der Waals surface area (Å²) >= 11 is 0. The Hall–Kier alpha value is -1.96. The smallest absolute Gasteiger partial charge is 0.340 e. The quantitative estimate of drug-likeness (QED) is 0.192. The number of ketones is 1. The molecule has 0 saturated carbocycles. The first kappa shape index (κ1) is 26.0. The Balaban J connectivity index is 5.53. The topological polar surface area (TPSA) is 116 Å². The van der Waals surface area contributed by atoms with Crippen LogP contribution in [0.25, 0.3) is 0 Å². The SMILES string of the molecule is CCCCOC(=O)C[C@](O)(C(=O)OCCCC)[C@@H](C(C)=O)C(=O)OCCCC. The molecule has 8 heteroatoms. The summed E-state index contributed by atoms with van der Waals surface area (Å²) in [4.78, 5) is 49.2. The molecule has 0 amide bonds. The number of carbonyl (C=O) groups is 4. The molecule has 0 heterocycles. The second-order valence-corrected chi connectivity index (χ2v) is 6.73. The van der Waals surface area contributed by atoms with Crippen LogP contribution in [0.15, 0.2) is 0 Å². The summed E-state index contributed by atoms with van der Waals surface area (Å²) in [5.74, 6) is -5.82. The van der Waals surface area contributed by atoms with Gasteiger partial charge in [-0.15, -0.1) is 0 Å². The van der Waals surface area contributed by atoms with Crippen molar-refractivity contribution < 1.29 is 38.5 Å². The molecule has 1 N–H and O–H groups in total. The molecular weight excluding hydrogens is 368 g/mol. The highest BCUT2D eigenvalue weighted by Crippen LogP contribution is 2.27. The molecule has 0 aromatic carbocycles. The lowest BCUT2D eigenvalue weighted by Gasteiger charge is -2.30. The van der Waals surface area contributed by atoms with E-state index in [0.717, 1.165) is 26.2 Å². The van der Waals surface area contributed by atoms with Crippen LogP contribution in [0.5, 0.6) is 0 Å². The zero-order valence-corrected chi connectivity index (χ0v) is 17.5. The second kappa shape index (κ2) is 14.1. The van der Waals surface area contributed by atoms with Crippen molar-refractivity contribution in [1.82, 2.24) is 0 Å². The molecule has 0 fully saturated rings. The van der Waals surface area contributed by atoms with Gasteiger partial charge in [0.05, 0.1) is 26.2 Å². The molecule has 0 aromatic rings. The molecule has 0 saturated heterocycles. The van der Waals surface area contributed by atoms with Gasteiger partial charge in [0.15, 0.2) is 11.5 Å². The number of ether oxygens (including phenoxy) is 3.